The van der Waals surface area contributed by atoms with Crippen LogP contribution in [0, 0.1) is 29.9 Å². The molecule has 0 radical (unpaired) electrons. The lowest BCUT2D eigenvalue weighted by Gasteiger charge is -2.10. The first-order valence-electron chi connectivity index (χ1n) is 7.59. The van der Waals surface area contributed by atoms with Crippen molar-refractivity contribution in [3.05, 3.63) is 82.7 Å². The van der Waals surface area contributed by atoms with Gasteiger partial charge >= 0.3 is 0 Å². The summed E-state index contributed by atoms with van der Waals surface area (Å²) in [7, 11) is 0. The van der Waals surface area contributed by atoms with Gasteiger partial charge in [-0.3, -0.25) is 0 Å². The third-order valence-electron chi connectivity index (χ3n) is 3.75. The summed E-state index contributed by atoms with van der Waals surface area (Å²) in [6.45, 7) is 1.79. The fourth-order valence-electron chi connectivity index (χ4n) is 2.34. The monoisotopic (exact) mass is 336 g/mol. The number of aryl methyl sites for hydroxylation is 1. The summed E-state index contributed by atoms with van der Waals surface area (Å²) in [5.74, 6) is -0.874. The van der Waals surface area contributed by atoms with Crippen molar-refractivity contribution in [2.75, 3.05) is 5.32 Å². The molecule has 0 aliphatic carbocycles. The minimum absolute atomic E-state index is 0.0198. The number of anilines is 2. The Kier molecular flexibility index (Phi) is 4.66. The summed E-state index contributed by atoms with van der Waals surface area (Å²) in [4.78, 5) is 8.56. The quantitative estimate of drug-likeness (QED) is 0.773. The molecule has 2 aromatic carbocycles. The van der Waals surface area contributed by atoms with E-state index >= 15 is 0 Å². The molecule has 0 atom stereocenters. The van der Waals surface area contributed by atoms with Gasteiger partial charge in [0.2, 0.25) is 5.95 Å². The van der Waals surface area contributed by atoms with E-state index in [4.69, 9.17) is 5.26 Å². The molecule has 3 aromatic rings. The molecule has 0 aliphatic heterocycles. The molecule has 1 aromatic heterocycles. The highest BCUT2D eigenvalue weighted by Gasteiger charge is 2.13. The van der Waals surface area contributed by atoms with Crippen molar-refractivity contribution >= 4 is 11.6 Å². The lowest BCUT2D eigenvalue weighted by molar-refractivity contribution is 0.560. The third kappa shape index (κ3) is 3.78. The predicted octanol–water partition coefficient (Wildman–Crippen LogP) is 4.27. The van der Waals surface area contributed by atoms with Gasteiger partial charge in [-0.2, -0.15) is 5.26 Å². The van der Waals surface area contributed by atoms with Crippen LogP contribution >= 0.6 is 0 Å². The first-order chi connectivity index (χ1) is 12.1. The lowest BCUT2D eigenvalue weighted by atomic mass is 10.1. The van der Waals surface area contributed by atoms with Gasteiger partial charge in [-0.05, 0) is 48.9 Å². The van der Waals surface area contributed by atoms with E-state index in [0.29, 0.717) is 22.9 Å². The van der Waals surface area contributed by atoms with E-state index in [2.05, 4.69) is 15.3 Å². The zero-order valence-corrected chi connectivity index (χ0v) is 13.4. The van der Waals surface area contributed by atoms with E-state index in [1.807, 2.05) is 6.07 Å². The average Bonchev–Trinajstić information content (AvgIpc) is 2.61. The number of halogens is 2. The standard InChI is InChI=1S/C19H14F2N4/c1-12-11-23-19(24-14-7-5-13(10-22)6-8-14)25-18(12)9-15-16(20)3-2-4-17(15)21/h2-8,11H,9H2,1H3,(H,23,24,25). The Labute approximate surface area is 143 Å². The second-order valence-electron chi connectivity index (χ2n) is 5.51. The van der Waals surface area contributed by atoms with Crippen LogP contribution in [0.25, 0.3) is 0 Å². The molecule has 6 heteroatoms. The summed E-state index contributed by atoms with van der Waals surface area (Å²) in [6.07, 6.45) is 1.64. The molecule has 0 spiro atoms. The number of nitrogens with zero attached hydrogens (tertiary/aromatic N) is 3. The van der Waals surface area contributed by atoms with Gasteiger partial charge in [0.25, 0.3) is 0 Å². The molecule has 0 bridgehead atoms. The highest BCUT2D eigenvalue weighted by atomic mass is 19.1. The average molecular weight is 336 g/mol. The van der Waals surface area contributed by atoms with Gasteiger partial charge in [0.15, 0.2) is 0 Å². The number of hydrogen-bond donors (Lipinski definition) is 1. The van der Waals surface area contributed by atoms with Crippen LogP contribution in [-0.4, -0.2) is 9.97 Å². The van der Waals surface area contributed by atoms with Crippen molar-refractivity contribution in [3.8, 4) is 6.07 Å². The van der Waals surface area contributed by atoms with Crippen LogP contribution < -0.4 is 5.32 Å². The largest absolute Gasteiger partial charge is 0.324 e. The van der Waals surface area contributed by atoms with Crippen LogP contribution in [0.1, 0.15) is 22.4 Å². The van der Waals surface area contributed by atoms with Crippen LogP contribution in [0.4, 0.5) is 20.4 Å². The van der Waals surface area contributed by atoms with E-state index < -0.39 is 11.6 Å². The number of benzene rings is 2. The molecule has 0 fully saturated rings. The topological polar surface area (TPSA) is 61.6 Å². The molecule has 3 rings (SSSR count). The molecule has 0 aliphatic rings. The summed E-state index contributed by atoms with van der Waals surface area (Å²) >= 11 is 0. The van der Waals surface area contributed by atoms with Gasteiger partial charge in [-0.15, -0.1) is 0 Å². The summed E-state index contributed by atoms with van der Waals surface area (Å²) in [5.41, 5.74) is 2.52. The highest BCUT2D eigenvalue weighted by Crippen LogP contribution is 2.20. The Balaban J connectivity index is 1.86. The van der Waals surface area contributed by atoms with E-state index in [1.165, 1.54) is 18.2 Å². The summed E-state index contributed by atoms with van der Waals surface area (Å²) < 4.78 is 27.7. The van der Waals surface area contributed by atoms with Crippen molar-refractivity contribution in [2.24, 2.45) is 0 Å². The predicted molar refractivity (Wildman–Crippen MR) is 90.4 cm³/mol. The summed E-state index contributed by atoms with van der Waals surface area (Å²) in [5, 5.41) is 11.8. The molecule has 0 saturated carbocycles. The maximum Gasteiger partial charge on any atom is 0.227 e. The molecule has 0 amide bonds. The Morgan fingerprint density at radius 3 is 2.40 bits per heavy atom. The maximum atomic E-state index is 13.9. The SMILES string of the molecule is Cc1cnc(Nc2ccc(C#N)cc2)nc1Cc1c(F)cccc1F. The molecule has 0 saturated heterocycles. The van der Waals surface area contributed by atoms with Gasteiger partial charge in [0.05, 0.1) is 17.3 Å². The minimum atomic E-state index is -0.598. The normalized spacial score (nSPS) is 10.3. The number of hydrogen-bond acceptors (Lipinski definition) is 4. The van der Waals surface area contributed by atoms with Crippen molar-refractivity contribution in [1.29, 1.82) is 5.26 Å². The zero-order valence-electron chi connectivity index (χ0n) is 13.4. The minimum Gasteiger partial charge on any atom is -0.324 e. The maximum absolute atomic E-state index is 13.9. The Morgan fingerprint density at radius 1 is 1.08 bits per heavy atom. The van der Waals surface area contributed by atoms with Gasteiger partial charge in [0.1, 0.15) is 11.6 Å². The first-order valence-corrected chi connectivity index (χ1v) is 7.59. The Bertz CT molecular complexity index is 926. The Morgan fingerprint density at radius 2 is 1.76 bits per heavy atom. The number of nitriles is 1. The third-order valence-corrected chi connectivity index (χ3v) is 3.75. The molecule has 4 nitrogen and oxygen atoms in total. The zero-order chi connectivity index (χ0) is 17.8. The van der Waals surface area contributed by atoms with Crippen LogP contribution in [-0.2, 0) is 6.42 Å². The first kappa shape index (κ1) is 16.5. The fourth-order valence-corrected chi connectivity index (χ4v) is 2.34. The van der Waals surface area contributed by atoms with Crippen LogP contribution in [0.5, 0.6) is 0 Å². The smallest absolute Gasteiger partial charge is 0.227 e. The van der Waals surface area contributed by atoms with Crippen LogP contribution in [0.2, 0.25) is 0 Å². The number of rotatable bonds is 4. The molecular weight excluding hydrogens is 322 g/mol. The number of aromatic nitrogens is 2. The van der Waals surface area contributed by atoms with E-state index in [9.17, 15) is 8.78 Å². The molecule has 25 heavy (non-hydrogen) atoms. The van der Waals surface area contributed by atoms with Crippen molar-refractivity contribution < 1.29 is 8.78 Å². The summed E-state index contributed by atoms with van der Waals surface area (Å²) in [6, 6.07) is 12.6. The number of nitrogens with one attached hydrogen (secondary N) is 1. The van der Waals surface area contributed by atoms with Crippen molar-refractivity contribution in [3.63, 3.8) is 0 Å². The van der Waals surface area contributed by atoms with Gasteiger partial charge in [-0.1, -0.05) is 6.07 Å². The van der Waals surface area contributed by atoms with Crippen LogP contribution in [0.3, 0.4) is 0 Å². The van der Waals surface area contributed by atoms with Crippen molar-refractivity contribution in [2.45, 2.75) is 13.3 Å². The molecule has 1 N–H and O–H groups in total. The van der Waals surface area contributed by atoms with Gasteiger partial charge in [0, 0.05) is 23.9 Å². The molecule has 124 valence electrons. The van der Waals surface area contributed by atoms with Gasteiger partial charge < -0.3 is 5.32 Å². The lowest BCUT2D eigenvalue weighted by Crippen LogP contribution is -2.05. The van der Waals surface area contributed by atoms with E-state index in [0.717, 1.165) is 5.56 Å². The van der Waals surface area contributed by atoms with Crippen molar-refractivity contribution in [1.82, 2.24) is 9.97 Å². The van der Waals surface area contributed by atoms with E-state index in [-0.39, 0.29) is 12.0 Å². The van der Waals surface area contributed by atoms with E-state index in [1.54, 1.807) is 37.4 Å². The Hall–Kier alpha value is -3.33. The second-order valence-corrected chi connectivity index (χ2v) is 5.51. The molecule has 1 heterocycles. The molecule has 0 unspecified atom stereocenters. The van der Waals surface area contributed by atoms with Gasteiger partial charge in [-0.25, -0.2) is 18.7 Å². The molecular formula is C19H14F2N4. The van der Waals surface area contributed by atoms with Crippen LogP contribution in [0.15, 0.2) is 48.7 Å². The second kappa shape index (κ2) is 7.05. The fraction of sp³-hybridized carbons (Fsp3) is 0.105. The highest BCUT2D eigenvalue weighted by molar-refractivity contribution is 5.55.